The van der Waals surface area contributed by atoms with E-state index in [1.807, 2.05) is 19.1 Å². The van der Waals surface area contributed by atoms with Gasteiger partial charge in [0.2, 0.25) is 5.91 Å². The highest BCUT2D eigenvalue weighted by atomic mass is 35.5. The molecule has 6 nitrogen and oxygen atoms in total. The molecule has 1 atom stereocenters. The number of hydrogen-bond donors (Lipinski definition) is 2. The SMILES string of the molecule is CCCNC(=O)[C@H](C)NC(=O)COC(=O)C1(c2ccc(Cl)cc2)CCCC1. The molecule has 0 unspecified atom stereocenters. The monoisotopic (exact) mass is 394 g/mol. The van der Waals surface area contributed by atoms with Crippen molar-refractivity contribution in [3.8, 4) is 0 Å². The van der Waals surface area contributed by atoms with Crippen molar-refractivity contribution in [3.63, 3.8) is 0 Å². The summed E-state index contributed by atoms with van der Waals surface area (Å²) in [5.41, 5.74) is 0.136. The van der Waals surface area contributed by atoms with Crippen molar-refractivity contribution >= 4 is 29.4 Å². The number of esters is 1. The van der Waals surface area contributed by atoms with E-state index in [0.717, 1.165) is 24.8 Å². The Hall–Kier alpha value is -2.08. The van der Waals surface area contributed by atoms with Gasteiger partial charge in [-0.25, -0.2) is 0 Å². The predicted octanol–water partition coefficient (Wildman–Crippen LogP) is 2.73. The van der Waals surface area contributed by atoms with Crippen LogP contribution in [0.25, 0.3) is 0 Å². The lowest BCUT2D eigenvalue weighted by atomic mass is 9.79. The van der Waals surface area contributed by atoms with E-state index >= 15 is 0 Å². The molecular formula is C20H27ClN2O4. The molecule has 0 radical (unpaired) electrons. The van der Waals surface area contributed by atoms with Gasteiger partial charge in [0.1, 0.15) is 6.04 Å². The first-order valence-corrected chi connectivity index (χ1v) is 9.77. The number of ether oxygens (including phenoxy) is 1. The van der Waals surface area contributed by atoms with Crippen LogP contribution in [-0.2, 0) is 24.5 Å². The highest BCUT2D eigenvalue weighted by Crippen LogP contribution is 2.42. The van der Waals surface area contributed by atoms with E-state index in [0.29, 0.717) is 24.4 Å². The second kappa shape index (κ2) is 9.74. The fourth-order valence-electron chi connectivity index (χ4n) is 3.38. The van der Waals surface area contributed by atoms with Crippen LogP contribution in [0.2, 0.25) is 5.02 Å². The molecule has 1 aliphatic rings. The Balaban J connectivity index is 1.93. The summed E-state index contributed by atoms with van der Waals surface area (Å²) in [5.74, 6) is -1.16. The lowest BCUT2D eigenvalue weighted by molar-refractivity contribution is -0.154. The number of halogens is 1. The lowest BCUT2D eigenvalue weighted by Crippen LogP contribution is -2.46. The molecule has 1 aromatic carbocycles. The number of nitrogens with one attached hydrogen (secondary N) is 2. The van der Waals surface area contributed by atoms with Crippen LogP contribution in [-0.4, -0.2) is 37.0 Å². The van der Waals surface area contributed by atoms with Gasteiger partial charge in [-0.2, -0.15) is 0 Å². The topological polar surface area (TPSA) is 84.5 Å². The summed E-state index contributed by atoms with van der Waals surface area (Å²) in [7, 11) is 0. The van der Waals surface area contributed by atoms with Crippen molar-refractivity contribution in [2.75, 3.05) is 13.2 Å². The standard InChI is InChI=1S/C20H27ClN2O4/c1-3-12-22-18(25)14(2)23-17(24)13-27-19(26)20(10-4-5-11-20)15-6-8-16(21)9-7-15/h6-9,14H,3-5,10-13H2,1-2H3,(H,22,25)(H,23,24)/t14-/m0/s1. The largest absolute Gasteiger partial charge is 0.455 e. The van der Waals surface area contributed by atoms with Gasteiger partial charge in [-0.15, -0.1) is 0 Å². The predicted molar refractivity (Wildman–Crippen MR) is 103 cm³/mol. The first-order chi connectivity index (χ1) is 12.9. The van der Waals surface area contributed by atoms with Crippen molar-refractivity contribution in [2.45, 2.75) is 57.4 Å². The zero-order chi connectivity index (χ0) is 19.9. The minimum Gasteiger partial charge on any atom is -0.455 e. The normalized spacial score (nSPS) is 16.4. The molecule has 0 bridgehead atoms. The summed E-state index contributed by atoms with van der Waals surface area (Å²) in [5, 5.41) is 5.86. The van der Waals surface area contributed by atoms with Crippen LogP contribution in [0.5, 0.6) is 0 Å². The van der Waals surface area contributed by atoms with E-state index in [9.17, 15) is 14.4 Å². The summed E-state index contributed by atoms with van der Waals surface area (Å²) in [6.07, 6.45) is 4.05. The van der Waals surface area contributed by atoms with E-state index in [1.54, 1.807) is 19.1 Å². The summed E-state index contributed by atoms with van der Waals surface area (Å²) >= 11 is 5.95. The van der Waals surface area contributed by atoms with Crippen LogP contribution in [0.1, 0.15) is 51.5 Å². The van der Waals surface area contributed by atoms with Gasteiger partial charge >= 0.3 is 5.97 Å². The van der Waals surface area contributed by atoms with E-state index in [2.05, 4.69) is 10.6 Å². The summed E-state index contributed by atoms with van der Waals surface area (Å²) in [6, 6.07) is 6.52. The number of rotatable bonds is 8. The molecule has 7 heteroatoms. The molecule has 1 fully saturated rings. The highest BCUT2D eigenvalue weighted by molar-refractivity contribution is 6.30. The third-order valence-electron chi connectivity index (χ3n) is 4.90. The molecule has 1 aromatic rings. The average Bonchev–Trinajstić information content (AvgIpc) is 3.15. The number of benzene rings is 1. The van der Waals surface area contributed by atoms with Crippen LogP contribution < -0.4 is 10.6 Å². The van der Waals surface area contributed by atoms with Gasteiger partial charge in [-0.1, -0.05) is 43.5 Å². The molecule has 0 aromatic heterocycles. The second-order valence-electron chi connectivity index (χ2n) is 6.95. The average molecular weight is 395 g/mol. The maximum atomic E-state index is 12.8. The Morgan fingerprint density at radius 2 is 1.81 bits per heavy atom. The minimum atomic E-state index is -0.727. The van der Waals surface area contributed by atoms with Crippen molar-refractivity contribution in [2.24, 2.45) is 0 Å². The Morgan fingerprint density at radius 3 is 2.41 bits per heavy atom. The Labute approximate surface area is 165 Å². The number of amides is 2. The second-order valence-corrected chi connectivity index (χ2v) is 7.39. The smallest absolute Gasteiger partial charge is 0.317 e. The Kier molecular flexibility index (Phi) is 7.66. The van der Waals surface area contributed by atoms with E-state index < -0.39 is 29.9 Å². The first-order valence-electron chi connectivity index (χ1n) is 9.39. The third-order valence-corrected chi connectivity index (χ3v) is 5.15. The molecule has 2 amide bonds. The van der Waals surface area contributed by atoms with E-state index in [-0.39, 0.29) is 5.91 Å². The summed E-state index contributed by atoms with van der Waals surface area (Å²) in [6.45, 7) is 3.69. The first kappa shape index (κ1) is 21.2. The van der Waals surface area contributed by atoms with Crippen LogP contribution >= 0.6 is 11.6 Å². The lowest BCUT2D eigenvalue weighted by Gasteiger charge is -2.27. The molecule has 2 rings (SSSR count). The van der Waals surface area contributed by atoms with E-state index in [1.165, 1.54) is 0 Å². The molecule has 0 aliphatic heterocycles. The number of carbonyl (C=O) groups is 3. The quantitative estimate of drug-likeness (QED) is 0.664. The number of hydrogen-bond acceptors (Lipinski definition) is 4. The van der Waals surface area contributed by atoms with Gasteiger partial charge in [-0.05, 0) is 43.9 Å². The zero-order valence-electron chi connectivity index (χ0n) is 15.8. The summed E-state index contributed by atoms with van der Waals surface area (Å²) < 4.78 is 5.32. The molecule has 0 saturated heterocycles. The van der Waals surface area contributed by atoms with Crippen molar-refractivity contribution < 1.29 is 19.1 Å². The fourth-order valence-corrected chi connectivity index (χ4v) is 3.50. The Bertz CT molecular complexity index is 669. The third kappa shape index (κ3) is 5.45. The van der Waals surface area contributed by atoms with Crippen molar-refractivity contribution in [1.82, 2.24) is 10.6 Å². The summed E-state index contributed by atoms with van der Waals surface area (Å²) in [4.78, 5) is 36.7. The molecule has 27 heavy (non-hydrogen) atoms. The molecule has 0 spiro atoms. The van der Waals surface area contributed by atoms with Gasteiger partial charge in [0.15, 0.2) is 6.61 Å². The van der Waals surface area contributed by atoms with Gasteiger partial charge in [0.05, 0.1) is 5.41 Å². The van der Waals surface area contributed by atoms with Crippen LogP contribution in [0.15, 0.2) is 24.3 Å². The minimum absolute atomic E-state index is 0.259. The van der Waals surface area contributed by atoms with E-state index in [4.69, 9.17) is 16.3 Å². The molecule has 0 heterocycles. The van der Waals surface area contributed by atoms with Gasteiger partial charge in [0, 0.05) is 11.6 Å². The maximum Gasteiger partial charge on any atom is 0.317 e. The zero-order valence-corrected chi connectivity index (χ0v) is 16.6. The number of carbonyl (C=O) groups excluding carboxylic acids is 3. The highest BCUT2D eigenvalue weighted by Gasteiger charge is 2.44. The molecule has 148 valence electrons. The fraction of sp³-hybridized carbons (Fsp3) is 0.550. The van der Waals surface area contributed by atoms with Gasteiger partial charge < -0.3 is 15.4 Å². The van der Waals surface area contributed by atoms with Gasteiger partial charge in [-0.3, -0.25) is 14.4 Å². The molecule has 2 N–H and O–H groups in total. The molecule has 1 saturated carbocycles. The van der Waals surface area contributed by atoms with Crippen LogP contribution in [0.3, 0.4) is 0 Å². The van der Waals surface area contributed by atoms with Crippen molar-refractivity contribution in [1.29, 1.82) is 0 Å². The molecular weight excluding hydrogens is 368 g/mol. The maximum absolute atomic E-state index is 12.8. The van der Waals surface area contributed by atoms with Gasteiger partial charge in [0.25, 0.3) is 5.91 Å². The van der Waals surface area contributed by atoms with Crippen LogP contribution in [0.4, 0.5) is 0 Å². The molecule has 1 aliphatic carbocycles. The van der Waals surface area contributed by atoms with Crippen LogP contribution in [0, 0.1) is 0 Å². The van der Waals surface area contributed by atoms with Crippen molar-refractivity contribution in [3.05, 3.63) is 34.9 Å². The Morgan fingerprint density at radius 1 is 1.19 bits per heavy atom.